The number of hydrogen-bond donors (Lipinski definition) is 2. The largest absolute Gasteiger partial charge is 0.492 e. The number of rotatable bonds is 6. The van der Waals surface area contributed by atoms with Crippen LogP contribution in [0.2, 0.25) is 0 Å². The zero-order chi connectivity index (χ0) is 14.1. The summed E-state index contributed by atoms with van der Waals surface area (Å²) in [5, 5.41) is 6.15. The lowest BCUT2D eigenvalue weighted by Gasteiger charge is -2.11. The van der Waals surface area contributed by atoms with Crippen LogP contribution >= 0.6 is 24.0 Å². The van der Waals surface area contributed by atoms with Gasteiger partial charge in [0.25, 0.3) is 0 Å². The maximum atomic E-state index is 12.9. The lowest BCUT2D eigenvalue weighted by atomic mass is 10.3. The summed E-state index contributed by atoms with van der Waals surface area (Å²) in [6, 6.07) is 3.46. The minimum Gasteiger partial charge on any atom is -0.492 e. The molecule has 0 saturated carbocycles. The Bertz CT molecular complexity index is 430. The van der Waals surface area contributed by atoms with Crippen molar-refractivity contribution in [3.05, 3.63) is 29.8 Å². The molecule has 0 saturated heterocycles. The third-order valence-corrected chi connectivity index (χ3v) is 2.32. The summed E-state index contributed by atoms with van der Waals surface area (Å²) < 4.78 is 30.9. The molecule has 1 aromatic rings. The van der Waals surface area contributed by atoms with Crippen molar-refractivity contribution in [2.75, 3.05) is 26.7 Å². The molecule has 0 aliphatic rings. The van der Waals surface area contributed by atoms with Crippen molar-refractivity contribution in [1.29, 1.82) is 0 Å². The van der Waals surface area contributed by atoms with Crippen LogP contribution in [0.3, 0.4) is 0 Å². The van der Waals surface area contributed by atoms with Gasteiger partial charge in [-0.1, -0.05) is 6.92 Å². The summed E-state index contributed by atoms with van der Waals surface area (Å²) in [5.74, 6) is -0.798. The van der Waals surface area contributed by atoms with Crippen LogP contribution in [0.4, 0.5) is 8.78 Å². The third kappa shape index (κ3) is 6.88. The smallest absolute Gasteiger partial charge is 0.191 e. The highest BCUT2D eigenvalue weighted by Crippen LogP contribution is 2.14. The molecule has 2 N–H and O–H groups in total. The van der Waals surface area contributed by atoms with Gasteiger partial charge in [-0.25, -0.2) is 8.78 Å². The quantitative estimate of drug-likeness (QED) is 0.335. The maximum Gasteiger partial charge on any atom is 0.191 e. The lowest BCUT2D eigenvalue weighted by Crippen LogP contribution is -2.39. The van der Waals surface area contributed by atoms with Crippen LogP contribution in [-0.4, -0.2) is 32.7 Å². The molecular weight excluding hydrogens is 379 g/mol. The molecule has 7 heteroatoms. The number of guanidine groups is 1. The number of benzene rings is 1. The van der Waals surface area contributed by atoms with Crippen molar-refractivity contribution < 1.29 is 13.5 Å². The van der Waals surface area contributed by atoms with E-state index in [9.17, 15) is 8.78 Å². The normalized spacial score (nSPS) is 10.7. The van der Waals surface area contributed by atoms with Crippen molar-refractivity contribution >= 4 is 29.9 Å². The first-order valence-electron chi connectivity index (χ1n) is 6.19. The zero-order valence-electron chi connectivity index (χ0n) is 11.6. The molecule has 4 nitrogen and oxygen atoms in total. The molecular formula is C13H20F2IN3O. The predicted molar refractivity (Wildman–Crippen MR) is 86.9 cm³/mol. The Hall–Kier alpha value is -1.12. The van der Waals surface area contributed by atoms with E-state index in [0.717, 1.165) is 25.1 Å². The fourth-order valence-electron chi connectivity index (χ4n) is 1.37. The number of nitrogens with one attached hydrogen (secondary N) is 2. The molecule has 0 radical (unpaired) electrons. The Morgan fingerprint density at radius 1 is 1.20 bits per heavy atom. The van der Waals surface area contributed by atoms with Gasteiger partial charge >= 0.3 is 0 Å². The highest BCUT2D eigenvalue weighted by molar-refractivity contribution is 14.0. The highest BCUT2D eigenvalue weighted by Gasteiger charge is 2.03. The van der Waals surface area contributed by atoms with Crippen LogP contribution in [0.15, 0.2) is 23.2 Å². The Balaban J connectivity index is 0.00000361. The summed E-state index contributed by atoms with van der Waals surface area (Å²) >= 11 is 0. The van der Waals surface area contributed by atoms with Gasteiger partial charge in [0.2, 0.25) is 0 Å². The average Bonchev–Trinajstić information content (AvgIpc) is 2.42. The van der Waals surface area contributed by atoms with E-state index in [1.54, 1.807) is 7.05 Å². The second kappa shape index (κ2) is 10.6. The van der Waals surface area contributed by atoms with Crippen LogP contribution in [0.1, 0.15) is 13.3 Å². The first-order valence-corrected chi connectivity index (χ1v) is 6.19. The first kappa shape index (κ1) is 18.9. The second-order valence-corrected chi connectivity index (χ2v) is 3.85. The van der Waals surface area contributed by atoms with Gasteiger partial charge in [-0.05, 0) is 18.6 Å². The van der Waals surface area contributed by atoms with E-state index in [4.69, 9.17) is 4.74 Å². The zero-order valence-corrected chi connectivity index (χ0v) is 13.9. The van der Waals surface area contributed by atoms with Crippen molar-refractivity contribution in [2.45, 2.75) is 13.3 Å². The van der Waals surface area contributed by atoms with Gasteiger partial charge in [0.15, 0.2) is 17.6 Å². The van der Waals surface area contributed by atoms with Crippen molar-refractivity contribution in [3.8, 4) is 5.75 Å². The number of aliphatic imine (C=N–C) groups is 1. The molecule has 114 valence electrons. The van der Waals surface area contributed by atoms with E-state index < -0.39 is 11.6 Å². The number of ether oxygens (including phenoxy) is 1. The molecule has 0 spiro atoms. The van der Waals surface area contributed by atoms with Gasteiger partial charge in [0.05, 0.1) is 6.54 Å². The molecule has 0 bridgehead atoms. The molecule has 0 aromatic heterocycles. The predicted octanol–water partition coefficient (Wildman–Crippen LogP) is 2.54. The van der Waals surface area contributed by atoms with Crippen molar-refractivity contribution in [3.63, 3.8) is 0 Å². The number of hydrogen-bond acceptors (Lipinski definition) is 2. The Morgan fingerprint density at radius 3 is 2.50 bits per heavy atom. The van der Waals surface area contributed by atoms with Gasteiger partial charge < -0.3 is 15.4 Å². The monoisotopic (exact) mass is 399 g/mol. The second-order valence-electron chi connectivity index (χ2n) is 3.85. The molecule has 0 unspecified atom stereocenters. The third-order valence-electron chi connectivity index (χ3n) is 2.32. The Kier molecular flexibility index (Phi) is 10.0. The SMILES string of the molecule is CCCNC(=NC)NCCOc1ccc(F)c(F)c1.I. The standard InChI is InChI=1S/C13H19F2N3O.HI/c1-3-6-17-13(16-2)18-7-8-19-10-4-5-11(14)12(15)9-10;/h4-5,9H,3,6-8H2,1-2H3,(H2,16,17,18);1H. The fourth-order valence-corrected chi connectivity index (χ4v) is 1.37. The van der Waals surface area contributed by atoms with E-state index in [-0.39, 0.29) is 24.0 Å². The molecule has 0 amide bonds. The summed E-state index contributed by atoms with van der Waals surface area (Å²) in [6.45, 7) is 3.75. The molecule has 0 aliphatic heterocycles. The van der Waals surface area contributed by atoms with E-state index in [1.165, 1.54) is 6.07 Å². The number of halogens is 3. The molecule has 0 fully saturated rings. The topological polar surface area (TPSA) is 45.7 Å². The summed E-state index contributed by atoms with van der Waals surface area (Å²) in [6.07, 6.45) is 1.01. The van der Waals surface area contributed by atoms with Crippen LogP contribution in [0.5, 0.6) is 5.75 Å². The molecule has 0 atom stereocenters. The highest BCUT2D eigenvalue weighted by atomic mass is 127. The Morgan fingerprint density at radius 2 is 1.90 bits per heavy atom. The van der Waals surface area contributed by atoms with E-state index in [0.29, 0.717) is 24.9 Å². The minimum atomic E-state index is -0.911. The van der Waals surface area contributed by atoms with Gasteiger partial charge in [-0.15, -0.1) is 24.0 Å². The minimum absolute atomic E-state index is 0. The molecule has 0 aliphatic carbocycles. The molecule has 0 heterocycles. The summed E-state index contributed by atoms with van der Waals surface area (Å²) in [5.41, 5.74) is 0. The van der Waals surface area contributed by atoms with Gasteiger partial charge in [-0.2, -0.15) is 0 Å². The van der Waals surface area contributed by atoms with Gasteiger partial charge in [-0.3, -0.25) is 4.99 Å². The van der Waals surface area contributed by atoms with Crippen LogP contribution in [0.25, 0.3) is 0 Å². The van der Waals surface area contributed by atoms with Crippen molar-refractivity contribution in [2.24, 2.45) is 4.99 Å². The van der Waals surface area contributed by atoms with Crippen LogP contribution in [-0.2, 0) is 0 Å². The number of nitrogens with zero attached hydrogens (tertiary/aromatic N) is 1. The lowest BCUT2D eigenvalue weighted by molar-refractivity contribution is 0.318. The molecule has 20 heavy (non-hydrogen) atoms. The van der Waals surface area contributed by atoms with E-state index >= 15 is 0 Å². The van der Waals surface area contributed by atoms with E-state index in [2.05, 4.69) is 22.5 Å². The van der Waals surface area contributed by atoms with E-state index in [1.807, 2.05) is 0 Å². The Labute approximate surface area is 135 Å². The summed E-state index contributed by atoms with van der Waals surface area (Å²) in [4.78, 5) is 4.03. The maximum absolute atomic E-state index is 12.9. The molecule has 1 rings (SSSR count). The average molecular weight is 399 g/mol. The fraction of sp³-hybridized carbons (Fsp3) is 0.462. The molecule has 1 aromatic carbocycles. The van der Waals surface area contributed by atoms with Gasteiger partial charge in [0.1, 0.15) is 12.4 Å². The summed E-state index contributed by atoms with van der Waals surface area (Å²) in [7, 11) is 1.68. The first-order chi connectivity index (χ1) is 9.17. The van der Waals surface area contributed by atoms with Crippen LogP contribution < -0.4 is 15.4 Å². The van der Waals surface area contributed by atoms with Gasteiger partial charge in [0, 0.05) is 19.7 Å². The van der Waals surface area contributed by atoms with Crippen molar-refractivity contribution in [1.82, 2.24) is 10.6 Å². The van der Waals surface area contributed by atoms with Crippen LogP contribution in [0, 0.1) is 11.6 Å².